The van der Waals surface area contributed by atoms with Crippen molar-refractivity contribution >= 4 is 0 Å². The Balaban J connectivity index is 2.45. The Labute approximate surface area is 62.2 Å². The summed E-state index contributed by atoms with van der Waals surface area (Å²) in [6.07, 6.45) is 0.135. The standard InChI is InChI=1S/C8H16FN/c1-8(2,3)10-5-4-7(9)6-10/h7H,4-6H2,1-3H3/t7-/m0/s1. The summed E-state index contributed by atoms with van der Waals surface area (Å²) in [6, 6.07) is 0. The van der Waals surface area contributed by atoms with Gasteiger partial charge in [0.05, 0.1) is 0 Å². The van der Waals surface area contributed by atoms with Crippen LogP contribution in [0.15, 0.2) is 0 Å². The predicted octanol–water partition coefficient (Wildman–Crippen LogP) is 1.83. The number of rotatable bonds is 0. The first-order valence-corrected chi connectivity index (χ1v) is 3.89. The van der Waals surface area contributed by atoms with Crippen molar-refractivity contribution in [3.8, 4) is 0 Å². The lowest BCUT2D eigenvalue weighted by Crippen LogP contribution is -2.39. The van der Waals surface area contributed by atoms with E-state index in [1.54, 1.807) is 0 Å². The van der Waals surface area contributed by atoms with Gasteiger partial charge in [-0.25, -0.2) is 4.39 Å². The smallest absolute Gasteiger partial charge is 0.114 e. The van der Waals surface area contributed by atoms with Gasteiger partial charge < -0.3 is 0 Å². The third kappa shape index (κ3) is 1.69. The van der Waals surface area contributed by atoms with E-state index in [2.05, 4.69) is 25.7 Å². The van der Waals surface area contributed by atoms with E-state index in [0.29, 0.717) is 6.54 Å². The van der Waals surface area contributed by atoms with Crippen LogP contribution in [0.5, 0.6) is 0 Å². The molecule has 2 heteroatoms. The van der Waals surface area contributed by atoms with Crippen molar-refractivity contribution < 1.29 is 4.39 Å². The molecule has 1 heterocycles. The Bertz CT molecular complexity index is 117. The summed E-state index contributed by atoms with van der Waals surface area (Å²) in [7, 11) is 0. The molecule has 1 aliphatic heterocycles. The molecule has 60 valence electrons. The molecule has 0 aromatic carbocycles. The number of nitrogens with zero attached hydrogens (tertiary/aromatic N) is 1. The fourth-order valence-corrected chi connectivity index (χ4v) is 1.33. The maximum Gasteiger partial charge on any atom is 0.114 e. The summed E-state index contributed by atoms with van der Waals surface area (Å²) < 4.78 is 12.7. The molecule has 0 amide bonds. The number of hydrogen-bond acceptors (Lipinski definition) is 1. The van der Waals surface area contributed by atoms with Gasteiger partial charge in [-0.1, -0.05) is 0 Å². The van der Waals surface area contributed by atoms with E-state index in [-0.39, 0.29) is 5.54 Å². The molecule has 1 atom stereocenters. The molecule has 0 unspecified atom stereocenters. The lowest BCUT2D eigenvalue weighted by atomic mass is 10.1. The molecule has 1 saturated heterocycles. The zero-order valence-electron chi connectivity index (χ0n) is 7.02. The van der Waals surface area contributed by atoms with Crippen molar-refractivity contribution in [3.05, 3.63) is 0 Å². The normalized spacial score (nSPS) is 29.4. The number of likely N-dealkylation sites (tertiary alicyclic amines) is 1. The maximum atomic E-state index is 12.7. The van der Waals surface area contributed by atoms with E-state index in [4.69, 9.17) is 0 Å². The first kappa shape index (κ1) is 7.99. The van der Waals surface area contributed by atoms with Crippen LogP contribution in [0.3, 0.4) is 0 Å². The van der Waals surface area contributed by atoms with Crippen LogP contribution in [0.25, 0.3) is 0 Å². The van der Waals surface area contributed by atoms with Gasteiger partial charge in [-0.15, -0.1) is 0 Å². The van der Waals surface area contributed by atoms with E-state index in [1.165, 1.54) is 0 Å². The molecule has 0 radical (unpaired) electrons. The van der Waals surface area contributed by atoms with Gasteiger partial charge in [0.25, 0.3) is 0 Å². The second-order valence-corrected chi connectivity index (χ2v) is 4.00. The SMILES string of the molecule is CC(C)(C)N1CC[C@H](F)C1. The summed E-state index contributed by atoms with van der Waals surface area (Å²) in [5, 5.41) is 0. The maximum absolute atomic E-state index is 12.7. The lowest BCUT2D eigenvalue weighted by Gasteiger charge is -2.30. The van der Waals surface area contributed by atoms with Crippen LogP contribution >= 0.6 is 0 Å². The lowest BCUT2D eigenvalue weighted by molar-refractivity contribution is 0.161. The van der Waals surface area contributed by atoms with Crippen LogP contribution in [-0.2, 0) is 0 Å². The molecule has 1 rings (SSSR count). The molecule has 1 aliphatic rings. The van der Waals surface area contributed by atoms with Crippen LogP contribution in [0.1, 0.15) is 27.2 Å². The molecule has 10 heavy (non-hydrogen) atoms. The molecule has 1 nitrogen and oxygen atoms in total. The van der Waals surface area contributed by atoms with Crippen molar-refractivity contribution in [2.45, 2.75) is 38.9 Å². The summed E-state index contributed by atoms with van der Waals surface area (Å²) in [5.74, 6) is 0. The third-order valence-electron chi connectivity index (χ3n) is 2.08. The Hall–Kier alpha value is -0.110. The monoisotopic (exact) mass is 145 g/mol. The van der Waals surface area contributed by atoms with Gasteiger partial charge >= 0.3 is 0 Å². The Morgan fingerprint density at radius 1 is 1.40 bits per heavy atom. The first-order chi connectivity index (χ1) is 4.50. The molecule has 0 bridgehead atoms. The first-order valence-electron chi connectivity index (χ1n) is 3.89. The molecule has 0 aromatic rings. The quantitative estimate of drug-likeness (QED) is 0.502. The Morgan fingerprint density at radius 3 is 2.20 bits per heavy atom. The van der Waals surface area contributed by atoms with Gasteiger partial charge in [-0.3, -0.25) is 4.90 Å². The minimum absolute atomic E-state index is 0.154. The van der Waals surface area contributed by atoms with Gasteiger partial charge in [0.1, 0.15) is 6.17 Å². The molecule has 0 saturated carbocycles. The fourth-order valence-electron chi connectivity index (χ4n) is 1.33. The van der Waals surface area contributed by atoms with Crippen molar-refractivity contribution in [1.82, 2.24) is 4.90 Å². The van der Waals surface area contributed by atoms with E-state index in [0.717, 1.165) is 13.0 Å². The average molecular weight is 145 g/mol. The highest BCUT2D eigenvalue weighted by molar-refractivity contribution is 4.84. The van der Waals surface area contributed by atoms with Crippen LogP contribution < -0.4 is 0 Å². The van der Waals surface area contributed by atoms with Crippen molar-refractivity contribution in [1.29, 1.82) is 0 Å². The highest BCUT2D eigenvalue weighted by Gasteiger charge is 2.29. The molecule has 0 aliphatic carbocycles. The van der Waals surface area contributed by atoms with Crippen molar-refractivity contribution in [2.24, 2.45) is 0 Å². The second-order valence-electron chi connectivity index (χ2n) is 4.00. The van der Waals surface area contributed by atoms with E-state index >= 15 is 0 Å². The summed E-state index contributed by atoms with van der Waals surface area (Å²) in [4.78, 5) is 2.19. The molecule has 1 fully saturated rings. The van der Waals surface area contributed by atoms with Gasteiger partial charge in [0.2, 0.25) is 0 Å². The van der Waals surface area contributed by atoms with E-state index < -0.39 is 6.17 Å². The largest absolute Gasteiger partial charge is 0.295 e. The van der Waals surface area contributed by atoms with Crippen LogP contribution in [-0.4, -0.2) is 29.7 Å². The van der Waals surface area contributed by atoms with E-state index in [9.17, 15) is 4.39 Å². The van der Waals surface area contributed by atoms with Crippen molar-refractivity contribution in [3.63, 3.8) is 0 Å². The van der Waals surface area contributed by atoms with Gasteiger partial charge in [-0.2, -0.15) is 0 Å². The van der Waals surface area contributed by atoms with Gasteiger partial charge in [0, 0.05) is 18.6 Å². The summed E-state index contributed by atoms with van der Waals surface area (Å²) in [5.41, 5.74) is 0.154. The van der Waals surface area contributed by atoms with Crippen molar-refractivity contribution in [2.75, 3.05) is 13.1 Å². The Morgan fingerprint density at radius 2 is 2.00 bits per heavy atom. The average Bonchev–Trinajstić information content (AvgIpc) is 2.11. The zero-order chi connectivity index (χ0) is 7.78. The molecular formula is C8H16FN. The second kappa shape index (κ2) is 2.50. The Kier molecular flexibility index (Phi) is 1.99. The van der Waals surface area contributed by atoms with E-state index in [1.807, 2.05) is 0 Å². The topological polar surface area (TPSA) is 3.24 Å². The third-order valence-corrected chi connectivity index (χ3v) is 2.08. The minimum atomic E-state index is -0.584. The van der Waals surface area contributed by atoms with Gasteiger partial charge in [-0.05, 0) is 27.2 Å². The highest BCUT2D eigenvalue weighted by Crippen LogP contribution is 2.21. The predicted molar refractivity (Wildman–Crippen MR) is 40.8 cm³/mol. The molecule has 0 spiro atoms. The van der Waals surface area contributed by atoms with Crippen LogP contribution in [0.4, 0.5) is 4.39 Å². The molecular weight excluding hydrogens is 129 g/mol. The summed E-state index contributed by atoms with van der Waals surface area (Å²) in [6.45, 7) is 7.94. The molecule has 0 N–H and O–H groups in total. The number of halogens is 1. The highest BCUT2D eigenvalue weighted by atomic mass is 19.1. The zero-order valence-corrected chi connectivity index (χ0v) is 7.02. The summed E-state index contributed by atoms with van der Waals surface area (Å²) >= 11 is 0. The van der Waals surface area contributed by atoms with Gasteiger partial charge in [0.15, 0.2) is 0 Å². The van der Waals surface area contributed by atoms with Crippen LogP contribution in [0.2, 0.25) is 0 Å². The van der Waals surface area contributed by atoms with Crippen LogP contribution in [0, 0.1) is 0 Å². The molecule has 0 aromatic heterocycles. The number of hydrogen-bond donors (Lipinski definition) is 0. The fraction of sp³-hybridized carbons (Fsp3) is 1.00. The number of alkyl halides is 1. The minimum Gasteiger partial charge on any atom is -0.295 e.